The summed E-state index contributed by atoms with van der Waals surface area (Å²) >= 11 is 0. The summed E-state index contributed by atoms with van der Waals surface area (Å²) in [6.45, 7) is 0. The highest BCUT2D eigenvalue weighted by Gasteiger charge is 2.43. The molecule has 0 amide bonds. The maximum absolute atomic E-state index is 12.7. The third-order valence-electron chi connectivity index (χ3n) is 3.55. The maximum atomic E-state index is 12.7. The molecule has 0 bridgehead atoms. The highest BCUT2D eigenvalue weighted by Crippen LogP contribution is 2.43. The highest BCUT2D eigenvalue weighted by atomic mass is 19.4. The van der Waals surface area contributed by atoms with Crippen LogP contribution in [0.15, 0.2) is 18.7 Å². The van der Waals surface area contributed by atoms with Crippen molar-refractivity contribution in [2.45, 2.75) is 38.0 Å². The molecular formula is C12H15F3N2O. The molecule has 0 radical (unpaired) electrons. The van der Waals surface area contributed by atoms with E-state index in [0.717, 1.165) is 0 Å². The Balaban J connectivity index is 2.05. The van der Waals surface area contributed by atoms with E-state index in [4.69, 9.17) is 0 Å². The summed E-state index contributed by atoms with van der Waals surface area (Å²) in [7, 11) is 0. The van der Waals surface area contributed by atoms with E-state index < -0.39 is 18.2 Å². The SMILES string of the molecule is OC(c1cncnc1)C1CCCC(C(F)(F)F)C1. The Bertz CT molecular complexity index is 383. The molecule has 2 rings (SSSR count). The van der Waals surface area contributed by atoms with Gasteiger partial charge in [-0.3, -0.25) is 0 Å². The number of aliphatic hydroxyl groups is 1. The summed E-state index contributed by atoms with van der Waals surface area (Å²) in [5.41, 5.74) is 0.491. The smallest absolute Gasteiger partial charge is 0.388 e. The minimum Gasteiger partial charge on any atom is -0.388 e. The van der Waals surface area contributed by atoms with Crippen LogP contribution in [0.25, 0.3) is 0 Å². The first-order valence-electron chi connectivity index (χ1n) is 5.98. The Morgan fingerprint density at radius 3 is 2.50 bits per heavy atom. The summed E-state index contributed by atoms with van der Waals surface area (Å²) < 4.78 is 38.0. The van der Waals surface area contributed by atoms with Crippen LogP contribution in [0, 0.1) is 11.8 Å². The van der Waals surface area contributed by atoms with Gasteiger partial charge in [-0.25, -0.2) is 9.97 Å². The van der Waals surface area contributed by atoms with Crippen LogP contribution in [0.1, 0.15) is 37.4 Å². The van der Waals surface area contributed by atoms with Crippen molar-refractivity contribution in [3.63, 3.8) is 0 Å². The first-order valence-corrected chi connectivity index (χ1v) is 5.98. The van der Waals surface area contributed by atoms with Crippen molar-refractivity contribution < 1.29 is 18.3 Å². The van der Waals surface area contributed by atoms with Crippen molar-refractivity contribution in [2.24, 2.45) is 11.8 Å². The molecule has 6 heteroatoms. The molecule has 0 saturated heterocycles. The predicted octanol–water partition coefficient (Wildman–Crippen LogP) is 2.88. The molecule has 1 saturated carbocycles. The lowest BCUT2D eigenvalue weighted by molar-refractivity contribution is -0.189. The average molecular weight is 260 g/mol. The molecule has 0 aromatic carbocycles. The van der Waals surface area contributed by atoms with E-state index in [-0.39, 0.29) is 18.8 Å². The van der Waals surface area contributed by atoms with Crippen molar-refractivity contribution in [1.82, 2.24) is 9.97 Å². The maximum Gasteiger partial charge on any atom is 0.391 e. The molecule has 1 aliphatic rings. The molecule has 0 aliphatic heterocycles. The largest absolute Gasteiger partial charge is 0.391 e. The zero-order valence-electron chi connectivity index (χ0n) is 9.77. The third kappa shape index (κ3) is 2.98. The van der Waals surface area contributed by atoms with Crippen molar-refractivity contribution in [1.29, 1.82) is 0 Å². The van der Waals surface area contributed by atoms with Gasteiger partial charge in [0.2, 0.25) is 0 Å². The monoisotopic (exact) mass is 260 g/mol. The standard InChI is InChI=1S/C12H15F3N2O/c13-12(14,15)10-3-1-2-8(4-10)11(18)9-5-16-7-17-6-9/h5-8,10-11,18H,1-4H2. The Labute approximate surface area is 103 Å². The number of nitrogens with zero attached hydrogens (tertiary/aromatic N) is 2. The van der Waals surface area contributed by atoms with Gasteiger partial charge in [0.15, 0.2) is 0 Å². The average Bonchev–Trinajstić information content (AvgIpc) is 2.38. The third-order valence-corrected chi connectivity index (χ3v) is 3.55. The summed E-state index contributed by atoms with van der Waals surface area (Å²) in [6, 6.07) is 0. The number of aromatic nitrogens is 2. The zero-order valence-corrected chi connectivity index (χ0v) is 9.77. The number of alkyl halides is 3. The van der Waals surface area contributed by atoms with Gasteiger partial charge in [-0.05, 0) is 25.2 Å². The van der Waals surface area contributed by atoms with Crippen LogP contribution >= 0.6 is 0 Å². The lowest BCUT2D eigenvalue weighted by Crippen LogP contribution is -2.31. The van der Waals surface area contributed by atoms with Gasteiger partial charge in [-0.15, -0.1) is 0 Å². The fraction of sp³-hybridized carbons (Fsp3) is 0.667. The normalized spacial score (nSPS) is 26.9. The number of rotatable bonds is 2. The van der Waals surface area contributed by atoms with E-state index >= 15 is 0 Å². The van der Waals surface area contributed by atoms with Crippen molar-refractivity contribution >= 4 is 0 Å². The second kappa shape index (κ2) is 5.22. The lowest BCUT2D eigenvalue weighted by Gasteiger charge is -2.33. The van der Waals surface area contributed by atoms with E-state index in [1.165, 1.54) is 18.7 Å². The van der Waals surface area contributed by atoms with Crippen LogP contribution in [0.4, 0.5) is 13.2 Å². The summed E-state index contributed by atoms with van der Waals surface area (Å²) in [5, 5.41) is 10.1. The lowest BCUT2D eigenvalue weighted by atomic mass is 9.77. The number of halogens is 3. The second-order valence-corrected chi connectivity index (χ2v) is 4.78. The number of hydrogen-bond donors (Lipinski definition) is 1. The van der Waals surface area contributed by atoms with Crippen LogP contribution in [0.2, 0.25) is 0 Å². The second-order valence-electron chi connectivity index (χ2n) is 4.78. The van der Waals surface area contributed by atoms with Crippen LogP contribution in [0.5, 0.6) is 0 Å². The van der Waals surface area contributed by atoms with Crippen LogP contribution < -0.4 is 0 Å². The van der Waals surface area contributed by atoms with Gasteiger partial charge in [0.25, 0.3) is 0 Å². The molecule has 3 unspecified atom stereocenters. The van der Waals surface area contributed by atoms with Gasteiger partial charge >= 0.3 is 6.18 Å². The van der Waals surface area contributed by atoms with Gasteiger partial charge in [-0.1, -0.05) is 6.42 Å². The molecule has 1 heterocycles. The molecule has 0 spiro atoms. The molecule has 1 aromatic heterocycles. The fourth-order valence-corrected chi connectivity index (χ4v) is 2.55. The molecule has 18 heavy (non-hydrogen) atoms. The van der Waals surface area contributed by atoms with Gasteiger partial charge in [0.05, 0.1) is 12.0 Å². The van der Waals surface area contributed by atoms with Crippen molar-refractivity contribution in [3.8, 4) is 0 Å². The van der Waals surface area contributed by atoms with E-state index in [0.29, 0.717) is 18.4 Å². The van der Waals surface area contributed by atoms with Gasteiger partial charge in [-0.2, -0.15) is 13.2 Å². The summed E-state index contributed by atoms with van der Waals surface area (Å²) in [4.78, 5) is 7.55. The Hall–Kier alpha value is -1.17. The quantitative estimate of drug-likeness (QED) is 0.889. The van der Waals surface area contributed by atoms with Crippen LogP contribution in [-0.4, -0.2) is 21.3 Å². The summed E-state index contributed by atoms with van der Waals surface area (Å²) in [5.74, 6) is -1.66. The van der Waals surface area contributed by atoms with Crippen molar-refractivity contribution in [2.75, 3.05) is 0 Å². The number of aliphatic hydroxyl groups excluding tert-OH is 1. The van der Waals surface area contributed by atoms with E-state index in [1.54, 1.807) is 0 Å². The van der Waals surface area contributed by atoms with Crippen molar-refractivity contribution in [3.05, 3.63) is 24.3 Å². The van der Waals surface area contributed by atoms with Gasteiger partial charge < -0.3 is 5.11 Å². The Kier molecular flexibility index (Phi) is 3.85. The molecule has 1 fully saturated rings. The minimum absolute atomic E-state index is 0.0143. The molecule has 1 aliphatic carbocycles. The summed E-state index contributed by atoms with van der Waals surface area (Å²) in [6.07, 6.45) is 0.432. The minimum atomic E-state index is -4.16. The molecule has 3 nitrogen and oxygen atoms in total. The molecular weight excluding hydrogens is 245 g/mol. The first kappa shape index (κ1) is 13.3. The first-order chi connectivity index (χ1) is 8.48. The molecule has 1 aromatic rings. The highest BCUT2D eigenvalue weighted by molar-refractivity contribution is 5.08. The van der Waals surface area contributed by atoms with Crippen LogP contribution in [0.3, 0.4) is 0 Å². The molecule has 100 valence electrons. The Morgan fingerprint density at radius 2 is 1.89 bits per heavy atom. The van der Waals surface area contributed by atoms with Gasteiger partial charge in [0.1, 0.15) is 6.33 Å². The molecule has 3 atom stereocenters. The van der Waals surface area contributed by atoms with E-state index in [1.807, 2.05) is 0 Å². The molecule has 1 N–H and O–H groups in total. The van der Waals surface area contributed by atoms with E-state index in [2.05, 4.69) is 9.97 Å². The topological polar surface area (TPSA) is 46.0 Å². The number of hydrogen-bond acceptors (Lipinski definition) is 3. The Morgan fingerprint density at radius 1 is 1.22 bits per heavy atom. The van der Waals surface area contributed by atoms with E-state index in [9.17, 15) is 18.3 Å². The van der Waals surface area contributed by atoms with Gasteiger partial charge in [0, 0.05) is 18.0 Å². The predicted molar refractivity (Wildman–Crippen MR) is 58.5 cm³/mol. The fourth-order valence-electron chi connectivity index (χ4n) is 2.55. The van der Waals surface area contributed by atoms with Crippen LogP contribution in [-0.2, 0) is 0 Å². The zero-order chi connectivity index (χ0) is 13.2.